The maximum absolute atomic E-state index is 5.93. The molecule has 2 N–H and O–H groups in total. The minimum absolute atomic E-state index is 0.555. The number of piperidine rings is 1. The third-order valence-corrected chi connectivity index (χ3v) is 4.59. The molecule has 2 heteroatoms. The first-order valence-corrected chi connectivity index (χ1v) is 7.08. The number of likely N-dealkylation sites (tertiary alicyclic amines) is 1. The topological polar surface area (TPSA) is 29.3 Å². The van der Waals surface area contributed by atoms with Gasteiger partial charge in [-0.3, -0.25) is 4.90 Å². The van der Waals surface area contributed by atoms with E-state index in [1.54, 1.807) is 0 Å². The van der Waals surface area contributed by atoms with E-state index in [4.69, 9.17) is 5.73 Å². The van der Waals surface area contributed by atoms with Crippen molar-refractivity contribution in [2.24, 2.45) is 11.1 Å². The zero-order chi connectivity index (χ0) is 11.6. The molecular weight excluding hydrogens is 196 g/mol. The number of hydrogen-bond acceptors (Lipinski definition) is 2. The fraction of sp³-hybridized carbons (Fsp3) is 1.00. The van der Waals surface area contributed by atoms with E-state index in [1.165, 1.54) is 51.5 Å². The van der Waals surface area contributed by atoms with Crippen molar-refractivity contribution in [3.05, 3.63) is 0 Å². The van der Waals surface area contributed by atoms with Crippen LogP contribution in [0.5, 0.6) is 0 Å². The molecule has 2 unspecified atom stereocenters. The van der Waals surface area contributed by atoms with E-state index in [9.17, 15) is 0 Å². The molecule has 0 bridgehead atoms. The zero-order valence-corrected chi connectivity index (χ0v) is 11.0. The molecule has 1 aliphatic heterocycles. The predicted octanol–water partition coefficient (Wildman–Crippen LogP) is 2.77. The van der Waals surface area contributed by atoms with E-state index in [2.05, 4.69) is 18.7 Å². The largest absolute Gasteiger partial charge is 0.329 e. The Morgan fingerprint density at radius 1 is 1.19 bits per heavy atom. The molecule has 2 fully saturated rings. The average molecular weight is 224 g/mol. The second-order valence-electron chi connectivity index (χ2n) is 6.54. The summed E-state index contributed by atoms with van der Waals surface area (Å²) in [6, 6.07) is 1.49. The van der Waals surface area contributed by atoms with Gasteiger partial charge in [-0.25, -0.2) is 0 Å². The van der Waals surface area contributed by atoms with Gasteiger partial charge in [-0.2, -0.15) is 0 Å². The van der Waals surface area contributed by atoms with Gasteiger partial charge in [0.05, 0.1) is 0 Å². The fourth-order valence-electron chi connectivity index (χ4n) is 3.70. The van der Waals surface area contributed by atoms with Gasteiger partial charge in [0, 0.05) is 18.6 Å². The summed E-state index contributed by atoms with van der Waals surface area (Å²) in [5.74, 6) is 0. The molecule has 94 valence electrons. The molecule has 2 rings (SSSR count). The summed E-state index contributed by atoms with van der Waals surface area (Å²) >= 11 is 0. The summed E-state index contributed by atoms with van der Waals surface area (Å²) in [7, 11) is 0. The number of hydrogen-bond donors (Lipinski definition) is 1. The van der Waals surface area contributed by atoms with E-state index < -0.39 is 0 Å². The van der Waals surface area contributed by atoms with Crippen LogP contribution in [0, 0.1) is 5.41 Å². The molecule has 0 spiro atoms. The van der Waals surface area contributed by atoms with Gasteiger partial charge < -0.3 is 5.73 Å². The third-order valence-electron chi connectivity index (χ3n) is 4.59. The van der Waals surface area contributed by atoms with Gasteiger partial charge in [-0.1, -0.05) is 26.7 Å². The number of nitrogens with two attached hydrogens (primary N) is 1. The zero-order valence-electron chi connectivity index (χ0n) is 11.0. The van der Waals surface area contributed by atoms with Crippen LogP contribution in [0.25, 0.3) is 0 Å². The van der Waals surface area contributed by atoms with Crippen molar-refractivity contribution in [3.63, 3.8) is 0 Å². The molecule has 2 atom stereocenters. The van der Waals surface area contributed by atoms with Crippen LogP contribution in [0.2, 0.25) is 0 Å². The fourth-order valence-corrected chi connectivity index (χ4v) is 3.70. The smallest absolute Gasteiger partial charge is 0.0221 e. The Morgan fingerprint density at radius 2 is 2.00 bits per heavy atom. The molecule has 1 heterocycles. The molecule has 2 nitrogen and oxygen atoms in total. The van der Waals surface area contributed by atoms with Gasteiger partial charge in [-0.15, -0.1) is 0 Å². The van der Waals surface area contributed by atoms with Crippen molar-refractivity contribution in [2.75, 3.05) is 13.1 Å². The van der Waals surface area contributed by atoms with Crippen LogP contribution in [0.3, 0.4) is 0 Å². The van der Waals surface area contributed by atoms with Crippen molar-refractivity contribution in [3.8, 4) is 0 Å². The molecule has 1 saturated heterocycles. The van der Waals surface area contributed by atoms with Crippen molar-refractivity contribution in [1.82, 2.24) is 4.90 Å². The van der Waals surface area contributed by atoms with E-state index in [0.29, 0.717) is 11.5 Å². The molecule has 0 aromatic carbocycles. The lowest BCUT2D eigenvalue weighted by atomic mass is 9.74. The van der Waals surface area contributed by atoms with Crippen LogP contribution in [-0.4, -0.2) is 30.1 Å². The van der Waals surface area contributed by atoms with E-state index in [1.807, 2.05) is 0 Å². The first-order valence-electron chi connectivity index (χ1n) is 7.08. The second kappa shape index (κ2) is 5.05. The lowest BCUT2D eigenvalue weighted by Gasteiger charge is -2.46. The van der Waals surface area contributed by atoms with Crippen LogP contribution < -0.4 is 5.73 Å². The summed E-state index contributed by atoms with van der Waals surface area (Å²) in [5.41, 5.74) is 6.48. The highest BCUT2D eigenvalue weighted by Crippen LogP contribution is 2.38. The summed E-state index contributed by atoms with van der Waals surface area (Å²) in [5, 5.41) is 0. The Kier molecular flexibility index (Phi) is 3.91. The highest BCUT2D eigenvalue weighted by atomic mass is 15.2. The van der Waals surface area contributed by atoms with Crippen LogP contribution in [0.1, 0.15) is 58.8 Å². The maximum atomic E-state index is 5.93. The molecule has 1 aliphatic carbocycles. The highest BCUT2D eigenvalue weighted by molar-refractivity contribution is 4.89. The van der Waals surface area contributed by atoms with Crippen LogP contribution >= 0.6 is 0 Å². The highest BCUT2D eigenvalue weighted by Gasteiger charge is 2.34. The number of rotatable bonds is 2. The van der Waals surface area contributed by atoms with Gasteiger partial charge in [-0.05, 0) is 44.1 Å². The van der Waals surface area contributed by atoms with E-state index >= 15 is 0 Å². The molecular formula is C14H28N2. The monoisotopic (exact) mass is 224 g/mol. The molecule has 1 saturated carbocycles. The van der Waals surface area contributed by atoms with Crippen molar-refractivity contribution >= 4 is 0 Å². The van der Waals surface area contributed by atoms with E-state index in [0.717, 1.165) is 12.6 Å². The molecule has 0 amide bonds. The average Bonchev–Trinajstić information content (AvgIpc) is 2.27. The Morgan fingerprint density at radius 3 is 2.69 bits per heavy atom. The van der Waals surface area contributed by atoms with Crippen molar-refractivity contribution in [2.45, 2.75) is 70.9 Å². The maximum Gasteiger partial charge on any atom is 0.0221 e. The Hall–Kier alpha value is -0.0800. The van der Waals surface area contributed by atoms with Crippen molar-refractivity contribution < 1.29 is 0 Å². The molecule has 0 aromatic heterocycles. The van der Waals surface area contributed by atoms with Crippen LogP contribution in [0.4, 0.5) is 0 Å². The van der Waals surface area contributed by atoms with Gasteiger partial charge in [0.25, 0.3) is 0 Å². The van der Waals surface area contributed by atoms with E-state index in [-0.39, 0.29) is 0 Å². The van der Waals surface area contributed by atoms with Crippen molar-refractivity contribution in [1.29, 1.82) is 0 Å². The summed E-state index contributed by atoms with van der Waals surface area (Å²) in [4.78, 5) is 2.74. The minimum atomic E-state index is 0.555. The summed E-state index contributed by atoms with van der Waals surface area (Å²) < 4.78 is 0. The Labute approximate surface area is 101 Å². The third kappa shape index (κ3) is 2.78. The normalized spacial score (nSPS) is 36.2. The first-order chi connectivity index (χ1) is 7.62. The SMILES string of the molecule is CC1(C)CCCC(N2CCCCC2CN)C1. The van der Waals surface area contributed by atoms with Gasteiger partial charge >= 0.3 is 0 Å². The molecule has 0 radical (unpaired) electrons. The lowest BCUT2D eigenvalue weighted by molar-refractivity contribution is 0.0419. The first kappa shape index (κ1) is 12.4. The molecule has 0 aromatic rings. The number of nitrogens with zero attached hydrogens (tertiary/aromatic N) is 1. The summed E-state index contributed by atoms with van der Waals surface area (Å²) in [6.07, 6.45) is 9.69. The Bertz CT molecular complexity index is 225. The van der Waals surface area contributed by atoms with Crippen LogP contribution in [0.15, 0.2) is 0 Å². The van der Waals surface area contributed by atoms with Gasteiger partial charge in [0.1, 0.15) is 0 Å². The molecule has 2 aliphatic rings. The Balaban J connectivity index is 1.99. The quantitative estimate of drug-likeness (QED) is 0.781. The van der Waals surface area contributed by atoms with Gasteiger partial charge in [0.2, 0.25) is 0 Å². The van der Waals surface area contributed by atoms with Crippen LogP contribution in [-0.2, 0) is 0 Å². The predicted molar refractivity (Wildman–Crippen MR) is 69.4 cm³/mol. The lowest BCUT2D eigenvalue weighted by Crippen LogP contribution is -2.51. The second-order valence-corrected chi connectivity index (χ2v) is 6.54. The molecule has 16 heavy (non-hydrogen) atoms. The van der Waals surface area contributed by atoms with Gasteiger partial charge in [0.15, 0.2) is 0 Å². The standard InChI is InChI=1S/C14H28N2/c1-14(2)8-5-7-12(10-14)16-9-4-3-6-13(16)11-15/h12-13H,3-11,15H2,1-2H3. The minimum Gasteiger partial charge on any atom is -0.329 e. The summed E-state index contributed by atoms with van der Waals surface area (Å²) in [6.45, 7) is 7.01.